The average molecular weight is 419 g/mol. The Hall–Kier alpha value is -1.55. The minimum atomic E-state index is 0.0535. The molecular weight excluding hydrogens is 391 g/mol. The van der Waals surface area contributed by atoms with E-state index in [4.69, 9.17) is 23.2 Å². The van der Waals surface area contributed by atoms with Gasteiger partial charge in [-0.1, -0.05) is 54.7 Å². The summed E-state index contributed by atoms with van der Waals surface area (Å²) in [6.07, 6.45) is 5.19. The molecule has 0 bridgehead atoms. The third-order valence-corrected chi connectivity index (χ3v) is 6.15. The lowest BCUT2D eigenvalue weighted by atomic mass is 9.95. The number of hydrogen-bond donors (Lipinski definition) is 1. The number of aryl methyl sites for hydroxylation is 1. The van der Waals surface area contributed by atoms with Crippen molar-refractivity contribution in [3.05, 3.63) is 63.6 Å². The van der Waals surface area contributed by atoms with E-state index in [-0.39, 0.29) is 11.8 Å². The zero-order valence-electron chi connectivity index (χ0n) is 16.4. The van der Waals surface area contributed by atoms with Crippen molar-refractivity contribution in [3.8, 4) is 0 Å². The number of carbonyl (C=O) groups excluding carboxylic acids is 1. The number of hydrogen-bond acceptors (Lipinski definition) is 2. The Balaban J connectivity index is 1.48. The molecule has 1 amide bonds. The van der Waals surface area contributed by atoms with E-state index in [0.29, 0.717) is 10.0 Å². The van der Waals surface area contributed by atoms with E-state index < -0.39 is 0 Å². The lowest BCUT2D eigenvalue weighted by Crippen LogP contribution is -2.37. The van der Waals surface area contributed by atoms with Gasteiger partial charge in [-0.3, -0.25) is 9.69 Å². The summed E-state index contributed by atoms with van der Waals surface area (Å²) in [7, 11) is 0. The third kappa shape index (κ3) is 5.73. The van der Waals surface area contributed by atoms with Gasteiger partial charge < -0.3 is 5.32 Å². The van der Waals surface area contributed by atoms with Gasteiger partial charge in [0.05, 0.1) is 0 Å². The van der Waals surface area contributed by atoms with Crippen molar-refractivity contribution in [2.45, 2.75) is 45.6 Å². The second kappa shape index (κ2) is 10.3. The highest BCUT2D eigenvalue weighted by Gasteiger charge is 2.25. The average Bonchev–Trinajstić information content (AvgIpc) is 2.71. The molecule has 28 heavy (non-hydrogen) atoms. The van der Waals surface area contributed by atoms with Crippen molar-refractivity contribution in [2.75, 3.05) is 18.4 Å². The van der Waals surface area contributed by atoms with Crippen LogP contribution in [0.2, 0.25) is 10.0 Å². The number of anilines is 1. The molecule has 150 valence electrons. The number of unbranched alkanes of at least 4 members (excludes halogenated alkanes) is 1. The number of likely N-dealkylation sites (tertiary alicyclic amines) is 1. The number of nitrogens with one attached hydrogen (secondary N) is 1. The lowest BCUT2D eigenvalue weighted by molar-refractivity contribution is -0.121. The molecule has 0 aliphatic carbocycles. The largest absolute Gasteiger partial charge is 0.326 e. The van der Waals surface area contributed by atoms with Crippen LogP contribution >= 0.6 is 23.2 Å². The van der Waals surface area contributed by atoms with E-state index >= 15 is 0 Å². The van der Waals surface area contributed by atoms with Crippen LogP contribution in [-0.4, -0.2) is 23.9 Å². The Morgan fingerprint density at radius 3 is 2.32 bits per heavy atom. The molecule has 0 atom stereocenters. The number of rotatable bonds is 7. The van der Waals surface area contributed by atoms with Crippen LogP contribution in [0.3, 0.4) is 0 Å². The summed E-state index contributed by atoms with van der Waals surface area (Å²) in [5.74, 6) is 0.175. The topological polar surface area (TPSA) is 32.3 Å². The van der Waals surface area contributed by atoms with E-state index in [1.807, 2.05) is 30.3 Å². The summed E-state index contributed by atoms with van der Waals surface area (Å²) < 4.78 is 0. The normalized spacial score (nSPS) is 15.5. The first-order chi connectivity index (χ1) is 13.6. The summed E-state index contributed by atoms with van der Waals surface area (Å²) in [6.45, 7) is 4.67. The second-order valence-corrected chi connectivity index (χ2v) is 8.35. The summed E-state index contributed by atoms with van der Waals surface area (Å²) in [5.41, 5.74) is 3.18. The zero-order chi connectivity index (χ0) is 19.9. The highest BCUT2D eigenvalue weighted by Crippen LogP contribution is 2.28. The smallest absolute Gasteiger partial charge is 0.227 e. The predicted molar refractivity (Wildman–Crippen MR) is 118 cm³/mol. The number of nitrogens with zero attached hydrogens (tertiary/aromatic N) is 1. The van der Waals surface area contributed by atoms with E-state index in [9.17, 15) is 4.79 Å². The Morgan fingerprint density at radius 1 is 1.07 bits per heavy atom. The molecule has 3 nitrogen and oxygen atoms in total. The molecule has 1 saturated heterocycles. The van der Waals surface area contributed by atoms with Gasteiger partial charge in [0, 0.05) is 33.8 Å². The molecule has 0 saturated carbocycles. The molecular formula is C23H28Cl2N2O. The van der Waals surface area contributed by atoms with Gasteiger partial charge in [0.25, 0.3) is 0 Å². The molecule has 1 aliphatic rings. The van der Waals surface area contributed by atoms with Gasteiger partial charge in [0.1, 0.15) is 0 Å². The Labute approximate surface area is 178 Å². The number of halogens is 2. The van der Waals surface area contributed by atoms with Crippen LogP contribution in [0.15, 0.2) is 42.5 Å². The second-order valence-electron chi connectivity index (χ2n) is 7.54. The molecule has 5 heteroatoms. The van der Waals surface area contributed by atoms with Crippen molar-refractivity contribution in [1.82, 2.24) is 4.90 Å². The van der Waals surface area contributed by atoms with Gasteiger partial charge in [-0.25, -0.2) is 0 Å². The standard InChI is InChI=1S/C23H28Cl2N2O/c1-2-3-5-17-8-10-19(11-9-17)26-23(28)18-12-14-27(15-13-18)16-20-21(24)6-4-7-22(20)25/h4,6-11,18H,2-3,5,12-16H2,1H3,(H,26,28). The van der Waals surface area contributed by atoms with Gasteiger partial charge >= 0.3 is 0 Å². The quantitative estimate of drug-likeness (QED) is 0.581. The summed E-state index contributed by atoms with van der Waals surface area (Å²) in [4.78, 5) is 14.9. The fourth-order valence-corrected chi connectivity index (χ4v) is 4.16. The van der Waals surface area contributed by atoms with E-state index in [0.717, 1.165) is 50.1 Å². The maximum Gasteiger partial charge on any atom is 0.227 e. The molecule has 2 aromatic carbocycles. The van der Waals surface area contributed by atoms with E-state index in [1.165, 1.54) is 18.4 Å². The van der Waals surface area contributed by atoms with Crippen molar-refractivity contribution < 1.29 is 4.79 Å². The summed E-state index contributed by atoms with van der Waals surface area (Å²) >= 11 is 12.6. The minimum Gasteiger partial charge on any atom is -0.326 e. The highest BCUT2D eigenvalue weighted by molar-refractivity contribution is 6.35. The van der Waals surface area contributed by atoms with Crippen molar-refractivity contribution >= 4 is 34.8 Å². The maximum atomic E-state index is 12.6. The van der Waals surface area contributed by atoms with Gasteiger partial charge in [-0.15, -0.1) is 0 Å². The Morgan fingerprint density at radius 2 is 1.71 bits per heavy atom. The van der Waals surface area contributed by atoms with Gasteiger partial charge in [-0.2, -0.15) is 0 Å². The van der Waals surface area contributed by atoms with Crippen LogP contribution < -0.4 is 5.32 Å². The van der Waals surface area contributed by atoms with Crippen LogP contribution in [0.5, 0.6) is 0 Å². The number of amides is 1. The van der Waals surface area contributed by atoms with Gasteiger partial charge in [0.15, 0.2) is 0 Å². The van der Waals surface area contributed by atoms with Crippen LogP contribution in [0, 0.1) is 5.92 Å². The van der Waals surface area contributed by atoms with Crippen LogP contribution in [0.25, 0.3) is 0 Å². The fraction of sp³-hybridized carbons (Fsp3) is 0.435. The first-order valence-electron chi connectivity index (χ1n) is 10.1. The predicted octanol–water partition coefficient (Wildman–Crippen LogP) is 6.19. The zero-order valence-corrected chi connectivity index (χ0v) is 17.9. The lowest BCUT2D eigenvalue weighted by Gasteiger charge is -2.31. The molecule has 0 spiro atoms. The third-order valence-electron chi connectivity index (χ3n) is 5.44. The SMILES string of the molecule is CCCCc1ccc(NC(=O)C2CCN(Cc3c(Cl)cccc3Cl)CC2)cc1. The van der Waals surface area contributed by atoms with Crippen LogP contribution in [0.1, 0.15) is 43.7 Å². The van der Waals surface area contributed by atoms with Crippen LogP contribution in [0.4, 0.5) is 5.69 Å². The Bertz CT molecular complexity index is 763. The molecule has 0 radical (unpaired) electrons. The van der Waals surface area contributed by atoms with Crippen molar-refractivity contribution in [1.29, 1.82) is 0 Å². The molecule has 0 unspecified atom stereocenters. The van der Waals surface area contributed by atoms with Gasteiger partial charge in [-0.05, 0) is 68.6 Å². The van der Waals surface area contributed by atoms with Crippen LogP contribution in [-0.2, 0) is 17.8 Å². The summed E-state index contributed by atoms with van der Waals surface area (Å²) in [6, 6.07) is 13.9. The number of piperidine rings is 1. The number of carbonyl (C=O) groups is 1. The van der Waals surface area contributed by atoms with Crippen molar-refractivity contribution in [2.24, 2.45) is 5.92 Å². The molecule has 1 N–H and O–H groups in total. The molecule has 0 aromatic heterocycles. The molecule has 1 heterocycles. The molecule has 2 aromatic rings. The van der Waals surface area contributed by atoms with Crippen molar-refractivity contribution in [3.63, 3.8) is 0 Å². The summed E-state index contributed by atoms with van der Waals surface area (Å²) in [5, 5.41) is 4.48. The van der Waals surface area contributed by atoms with Gasteiger partial charge in [0.2, 0.25) is 5.91 Å². The fourth-order valence-electron chi connectivity index (χ4n) is 3.64. The van der Waals surface area contributed by atoms with E-state index in [2.05, 4.69) is 29.3 Å². The first kappa shape index (κ1) is 21.2. The monoisotopic (exact) mass is 418 g/mol. The van der Waals surface area contributed by atoms with E-state index in [1.54, 1.807) is 0 Å². The Kier molecular flexibility index (Phi) is 7.78. The minimum absolute atomic E-state index is 0.0535. The highest BCUT2D eigenvalue weighted by atomic mass is 35.5. The number of benzene rings is 2. The molecule has 3 rings (SSSR count). The molecule has 1 aliphatic heterocycles. The molecule has 1 fully saturated rings. The first-order valence-corrected chi connectivity index (χ1v) is 10.9. The maximum absolute atomic E-state index is 12.6.